The Hall–Kier alpha value is -0.780. The monoisotopic (exact) mass is 297 g/mol. The van der Waals surface area contributed by atoms with Crippen LogP contribution in [0, 0.1) is 0 Å². The number of carbonyl (C=O) groups excluding carboxylic acids is 1. The van der Waals surface area contributed by atoms with Gasteiger partial charge in [0.2, 0.25) is 0 Å². The molecule has 0 bridgehead atoms. The molecule has 0 atom stereocenters. The molecule has 1 rings (SSSR count). The Labute approximate surface area is 93.6 Å². The number of ether oxygens (including phenoxy) is 1. The molecule has 0 saturated heterocycles. The molecule has 6 heteroatoms. The Kier molecular flexibility index (Phi) is 4.90. The van der Waals surface area contributed by atoms with Gasteiger partial charge in [-0.1, -0.05) is 18.2 Å². The van der Waals surface area contributed by atoms with Crippen molar-refractivity contribution < 1.29 is 45.1 Å². The molecular formula is C8H5AgF3O2+. The summed E-state index contributed by atoms with van der Waals surface area (Å²) in [6, 6.07) is 6.98. The van der Waals surface area contributed by atoms with Crippen LogP contribution in [-0.2, 0) is 27.1 Å². The summed E-state index contributed by atoms with van der Waals surface area (Å²) in [5.41, 5.74) is -0.125. The Morgan fingerprint density at radius 1 is 1.14 bits per heavy atom. The van der Waals surface area contributed by atoms with Gasteiger partial charge in [0.05, 0.1) is 5.56 Å². The van der Waals surface area contributed by atoms with E-state index >= 15 is 0 Å². The normalized spacial score (nSPS) is 10.2. The van der Waals surface area contributed by atoms with E-state index in [-0.39, 0.29) is 27.9 Å². The van der Waals surface area contributed by atoms with E-state index in [1.165, 1.54) is 24.3 Å². The SMILES string of the molecule is O=C(OC(F)(F)F)c1ccccc1.[Ag+]. The first-order valence-corrected chi connectivity index (χ1v) is 3.34. The standard InChI is InChI=1S/C8H5F3O2.Ag/c9-8(10,11)13-7(12)6-4-2-1-3-5-6;/h1-5H;/q;+1. The van der Waals surface area contributed by atoms with Crippen LogP contribution in [-0.4, -0.2) is 12.3 Å². The average molecular weight is 298 g/mol. The quantitative estimate of drug-likeness (QED) is 0.588. The van der Waals surface area contributed by atoms with Crippen molar-refractivity contribution in [2.24, 2.45) is 0 Å². The molecule has 0 aliphatic rings. The van der Waals surface area contributed by atoms with Crippen LogP contribution in [0.15, 0.2) is 30.3 Å². The summed E-state index contributed by atoms with van der Waals surface area (Å²) in [7, 11) is 0. The molecule has 0 aliphatic carbocycles. The fraction of sp³-hybridized carbons (Fsp3) is 0.125. The van der Waals surface area contributed by atoms with Crippen LogP contribution < -0.4 is 0 Å². The molecule has 0 aliphatic heterocycles. The molecule has 0 unspecified atom stereocenters. The van der Waals surface area contributed by atoms with E-state index in [2.05, 4.69) is 4.74 Å². The van der Waals surface area contributed by atoms with Gasteiger partial charge in [0, 0.05) is 0 Å². The van der Waals surface area contributed by atoms with E-state index in [9.17, 15) is 18.0 Å². The first-order valence-electron chi connectivity index (χ1n) is 3.34. The van der Waals surface area contributed by atoms with Gasteiger partial charge >= 0.3 is 34.7 Å². The largest absolute Gasteiger partial charge is 1.00 e. The molecule has 80 valence electrons. The van der Waals surface area contributed by atoms with Crippen LogP contribution >= 0.6 is 0 Å². The van der Waals surface area contributed by atoms with Crippen molar-refractivity contribution in [2.75, 3.05) is 0 Å². The molecular weight excluding hydrogens is 293 g/mol. The summed E-state index contributed by atoms with van der Waals surface area (Å²) in [6.45, 7) is 0. The minimum atomic E-state index is -4.92. The fourth-order valence-electron chi connectivity index (χ4n) is 0.738. The Morgan fingerprint density at radius 3 is 2.07 bits per heavy atom. The van der Waals surface area contributed by atoms with Gasteiger partial charge in [0.1, 0.15) is 0 Å². The maximum Gasteiger partial charge on any atom is 1.00 e. The third-order valence-electron chi connectivity index (χ3n) is 1.22. The van der Waals surface area contributed by atoms with Gasteiger partial charge in [0.25, 0.3) is 0 Å². The smallest absolute Gasteiger partial charge is 0.369 e. The van der Waals surface area contributed by atoms with Gasteiger partial charge in [-0.25, -0.2) is 4.79 Å². The van der Waals surface area contributed by atoms with E-state index in [1.54, 1.807) is 6.07 Å². The summed E-state index contributed by atoms with van der Waals surface area (Å²) in [5.74, 6) is -1.40. The summed E-state index contributed by atoms with van der Waals surface area (Å²) in [6.07, 6.45) is -4.92. The topological polar surface area (TPSA) is 26.3 Å². The molecule has 0 spiro atoms. The van der Waals surface area contributed by atoms with Crippen molar-refractivity contribution in [3.63, 3.8) is 0 Å². The van der Waals surface area contributed by atoms with Gasteiger partial charge < -0.3 is 4.74 Å². The molecule has 0 heterocycles. The van der Waals surface area contributed by atoms with Gasteiger partial charge in [-0.05, 0) is 12.1 Å². The molecule has 2 nitrogen and oxygen atoms in total. The summed E-state index contributed by atoms with van der Waals surface area (Å²) in [4.78, 5) is 10.7. The minimum Gasteiger partial charge on any atom is -0.369 e. The second-order valence-electron chi connectivity index (χ2n) is 2.20. The van der Waals surface area contributed by atoms with Crippen LogP contribution in [0.25, 0.3) is 0 Å². The second kappa shape index (κ2) is 5.19. The molecule has 0 radical (unpaired) electrons. The summed E-state index contributed by atoms with van der Waals surface area (Å²) < 4.78 is 37.8. The third kappa shape index (κ3) is 4.45. The number of alkyl halides is 3. The molecule has 14 heavy (non-hydrogen) atoms. The van der Waals surface area contributed by atoms with Crippen molar-refractivity contribution in [2.45, 2.75) is 6.36 Å². The van der Waals surface area contributed by atoms with Gasteiger partial charge in [0.15, 0.2) is 0 Å². The van der Waals surface area contributed by atoms with Gasteiger partial charge in [-0.2, -0.15) is 0 Å². The first-order chi connectivity index (χ1) is 5.99. The zero-order valence-corrected chi connectivity index (χ0v) is 8.12. The minimum absolute atomic E-state index is 0. The number of rotatable bonds is 1. The summed E-state index contributed by atoms with van der Waals surface area (Å²) in [5, 5.41) is 0. The predicted molar refractivity (Wildman–Crippen MR) is 37.9 cm³/mol. The fourth-order valence-corrected chi connectivity index (χ4v) is 0.738. The number of halogens is 3. The molecule has 0 fully saturated rings. The van der Waals surface area contributed by atoms with E-state index in [4.69, 9.17) is 0 Å². The Morgan fingerprint density at radius 2 is 1.64 bits per heavy atom. The Bertz CT molecular complexity index is 297. The van der Waals surface area contributed by atoms with Crippen LogP contribution in [0.1, 0.15) is 10.4 Å². The van der Waals surface area contributed by atoms with Crippen LogP contribution in [0.2, 0.25) is 0 Å². The van der Waals surface area contributed by atoms with Gasteiger partial charge in [-0.3, -0.25) is 0 Å². The van der Waals surface area contributed by atoms with Crippen molar-refractivity contribution in [3.05, 3.63) is 35.9 Å². The molecule has 0 N–H and O–H groups in total. The number of hydrogen-bond acceptors (Lipinski definition) is 2. The third-order valence-corrected chi connectivity index (χ3v) is 1.22. The number of carbonyl (C=O) groups is 1. The average Bonchev–Trinajstić information content (AvgIpc) is 2.03. The Balaban J connectivity index is 0.00000169. The molecule has 0 saturated carbocycles. The van der Waals surface area contributed by atoms with E-state index < -0.39 is 12.3 Å². The van der Waals surface area contributed by atoms with Crippen LogP contribution in [0.3, 0.4) is 0 Å². The zero-order valence-electron chi connectivity index (χ0n) is 6.64. The molecule has 0 aromatic heterocycles. The number of esters is 1. The van der Waals surface area contributed by atoms with Crippen molar-refractivity contribution in [1.82, 2.24) is 0 Å². The summed E-state index contributed by atoms with van der Waals surface area (Å²) >= 11 is 0. The van der Waals surface area contributed by atoms with Gasteiger partial charge in [-0.15, -0.1) is 13.2 Å². The van der Waals surface area contributed by atoms with E-state index in [0.717, 1.165) is 0 Å². The van der Waals surface area contributed by atoms with Crippen molar-refractivity contribution >= 4 is 5.97 Å². The zero-order chi connectivity index (χ0) is 9.90. The molecule has 1 aromatic rings. The maximum absolute atomic E-state index is 11.5. The number of hydrogen-bond donors (Lipinski definition) is 0. The first kappa shape index (κ1) is 13.2. The second-order valence-corrected chi connectivity index (χ2v) is 2.20. The molecule has 1 aromatic carbocycles. The van der Waals surface area contributed by atoms with Crippen LogP contribution in [0.5, 0.6) is 0 Å². The van der Waals surface area contributed by atoms with E-state index in [1.807, 2.05) is 0 Å². The number of benzene rings is 1. The molecule has 0 amide bonds. The van der Waals surface area contributed by atoms with Crippen molar-refractivity contribution in [1.29, 1.82) is 0 Å². The maximum atomic E-state index is 11.5. The predicted octanol–water partition coefficient (Wildman–Crippen LogP) is 2.36. The van der Waals surface area contributed by atoms with Crippen LogP contribution in [0.4, 0.5) is 13.2 Å². The van der Waals surface area contributed by atoms with E-state index in [0.29, 0.717) is 0 Å². The van der Waals surface area contributed by atoms with Crippen molar-refractivity contribution in [3.8, 4) is 0 Å².